The molecule has 1 saturated carbocycles. The Bertz CT molecular complexity index is 1000. The smallest absolute Gasteiger partial charge is 0.313 e. The van der Waals surface area contributed by atoms with Crippen LogP contribution in [0.2, 0.25) is 0 Å². The largest absolute Gasteiger partial charge is 0.452 e. The van der Waals surface area contributed by atoms with Crippen LogP contribution in [0.15, 0.2) is 60.7 Å². The van der Waals surface area contributed by atoms with Crippen LogP contribution >= 0.6 is 0 Å². The molecule has 0 aliphatic heterocycles. The zero-order valence-electron chi connectivity index (χ0n) is 22.9. The maximum absolute atomic E-state index is 14.2. The van der Waals surface area contributed by atoms with E-state index in [-0.39, 0.29) is 35.7 Å². The van der Waals surface area contributed by atoms with Gasteiger partial charge in [-0.2, -0.15) is 0 Å². The van der Waals surface area contributed by atoms with Gasteiger partial charge in [0, 0.05) is 33.0 Å². The number of benzene rings is 2. The summed E-state index contributed by atoms with van der Waals surface area (Å²) in [6.07, 6.45) is 4.00. The SMILES string of the molecule is CCCCCC1(C(=O)OC(c2ccccc2)c2ccccc2)CC(C(=O)N(C)C)C(C(C)NC(C)=O)C1. The van der Waals surface area contributed by atoms with E-state index in [0.717, 1.165) is 30.4 Å². The van der Waals surface area contributed by atoms with E-state index in [1.807, 2.05) is 67.6 Å². The van der Waals surface area contributed by atoms with E-state index >= 15 is 0 Å². The molecule has 1 fully saturated rings. The number of hydrogen-bond donors (Lipinski definition) is 1. The molecule has 2 amide bonds. The number of amides is 2. The van der Waals surface area contributed by atoms with Crippen molar-refractivity contribution in [2.45, 2.75) is 71.4 Å². The van der Waals surface area contributed by atoms with Crippen molar-refractivity contribution >= 4 is 17.8 Å². The van der Waals surface area contributed by atoms with Gasteiger partial charge in [-0.05, 0) is 43.2 Å². The molecule has 4 atom stereocenters. The standard InChI is InChI=1S/C31H42N2O4/c1-6-7-14-19-31(20-26(22(2)32-23(3)34)27(21-31)29(35)33(4)5)30(36)37-28(24-15-10-8-11-16-24)25-17-12-9-13-18-25/h8-13,15-18,22,26-28H,6-7,14,19-21H2,1-5H3,(H,32,34). The third-order valence-corrected chi connectivity index (χ3v) is 7.71. The van der Waals surface area contributed by atoms with Crippen LogP contribution in [0.4, 0.5) is 0 Å². The Morgan fingerprint density at radius 2 is 1.54 bits per heavy atom. The Balaban J connectivity index is 1.99. The summed E-state index contributed by atoms with van der Waals surface area (Å²) in [5.74, 6) is -0.911. The minimum atomic E-state index is -0.787. The van der Waals surface area contributed by atoms with Crippen molar-refractivity contribution < 1.29 is 19.1 Å². The quantitative estimate of drug-likeness (QED) is 0.321. The van der Waals surface area contributed by atoms with E-state index < -0.39 is 11.5 Å². The average Bonchev–Trinajstić information content (AvgIpc) is 3.28. The summed E-state index contributed by atoms with van der Waals surface area (Å²) in [6, 6.07) is 19.4. The highest BCUT2D eigenvalue weighted by Crippen LogP contribution is 2.52. The van der Waals surface area contributed by atoms with E-state index in [2.05, 4.69) is 12.2 Å². The van der Waals surface area contributed by atoms with E-state index in [9.17, 15) is 14.4 Å². The van der Waals surface area contributed by atoms with Crippen molar-refractivity contribution in [1.29, 1.82) is 0 Å². The number of rotatable bonds is 11. The Morgan fingerprint density at radius 1 is 0.973 bits per heavy atom. The second-order valence-corrected chi connectivity index (χ2v) is 10.7. The summed E-state index contributed by atoms with van der Waals surface area (Å²) in [7, 11) is 3.50. The lowest BCUT2D eigenvalue weighted by molar-refractivity contribution is -0.161. The molecule has 0 heterocycles. The molecule has 37 heavy (non-hydrogen) atoms. The zero-order valence-corrected chi connectivity index (χ0v) is 22.9. The van der Waals surface area contributed by atoms with Crippen molar-refractivity contribution in [3.63, 3.8) is 0 Å². The van der Waals surface area contributed by atoms with Gasteiger partial charge in [-0.15, -0.1) is 0 Å². The summed E-state index contributed by atoms with van der Waals surface area (Å²) >= 11 is 0. The lowest BCUT2D eigenvalue weighted by Gasteiger charge is -2.31. The second kappa shape index (κ2) is 12.9. The number of carbonyl (C=O) groups excluding carboxylic acids is 3. The first kappa shape index (κ1) is 28.4. The molecule has 6 nitrogen and oxygen atoms in total. The van der Waals surface area contributed by atoms with Crippen LogP contribution < -0.4 is 5.32 Å². The van der Waals surface area contributed by atoms with Gasteiger partial charge in [-0.25, -0.2) is 0 Å². The topological polar surface area (TPSA) is 75.7 Å². The minimum absolute atomic E-state index is 0.00460. The molecule has 0 radical (unpaired) electrons. The first-order valence-electron chi connectivity index (χ1n) is 13.5. The molecule has 0 aromatic heterocycles. The number of esters is 1. The van der Waals surface area contributed by atoms with Crippen molar-refractivity contribution in [3.8, 4) is 0 Å². The number of carbonyl (C=O) groups is 3. The van der Waals surface area contributed by atoms with Crippen LogP contribution in [-0.2, 0) is 19.1 Å². The molecule has 0 saturated heterocycles. The van der Waals surface area contributed by atoms with Gasteiger partial charge in [0.15, 0.2) is 6.10 Å². The number of nitrogens with one attached hydrogen (secondary N) is 1. The molecule has 1 aliphatic rings. The van der Waals surface area contributed by atoms with Gasteiger partial charge < -0.3 is 15.0 Å². The van der Waals surface area contributed by atoms with Gasteiger partial charge in [-0.1, -0.05) is 86.8 Å². The Kier molecular flexibility index (Phi) is 9.90. The maximum atomic E-state index is 14.2. The molecule has 1 aliphatic carbocycles. The summed E-state index contributed by atoms with van der Waals surface area (Å²) in [5.41, 5.74) is 1.03. The fraction of sp³-hybridized carbons (Fsp3) is 0.516. The summed E-state index contributed by atoms with van der Waals surface area (Å²) in [5, 5.41) is 2.98. The van der Waals surface area contributed by atoms with Gasteiger partial charge in [0.25, 0.3) is 0 Å². The number of ether oxygens (including phenoxy) is 1. The predicted octanol–water partition coefficient (Wildman–Crippen LogP) is 5.52. The zero-order chi connectivity index (χ0) is 27.0. The molecule has 0 bridgehead atoms. The van der Waals surface area contributed by atoms with E-state index in [0.29, 0.717) is 19.3 Å². The number of nitrogens with zero attached hydrogens (tertiary/aromatic N) is 1. The molecule has 2 aromatic rings. The Labute approximate surface area is 221 Å². The fourth-order valence-corrected chi connectivity index (χ4v) is 5.81. The van der Waals surface area contributed by atoms with Gasteiger partial charge in [0.1, 0.15) is 0 Å². The minimum Gasteiger partial charge on any atom is -0.452 e. The molecule has 4 unspecified atom stereocenters. The van der Waals surface area contributed by atoms with Crippen molar-refractivity contribution in [2.75, 3.05) is 14.1 Å². The number of unbranched alkanes of at least 4 members (excludes halogenated alkanes) is 2. The lowest BCUT2D eigenvalue weighted by Crippen LogP contribution is -2.42. The first-order chi connectivity index (χ1) is 17.7. The molecular weight excluding hydrogens is 464 g/mol. The van der Waals surface area contributed by atoms with Crippen LogP contribution in [0.5, 0.6) is 0 Å². The Hall–Kier alpha value is -3.15. The predicted molar refractivity (Wildman–Crippen MR) is 146 cm³/mol. The molecule has 3 rings (SSSR count). The van der Waals surface area contributed by atoms with Crippen LogP contribution in [0.1, 0.15) is 76.5 Å². The van der Waals surface area contributed by atoms with Gasteiger partial charge in [0.05, 0.1) is 5.41 Å². The highest BCUT2D eigenvalue weighted by Gasteiger charge is 2.55. The molecule has 0 spiro atoms. The monoisotopic (exact) mass is 506 g/mol. The van der Waals surface area contributed by atoms with Crippen LogP contribution in [0, 0.1) is 17.3 Å². The summed E-state index contributed by atoms with van der Waals surface area (Å²) in [4.78, 5) is 41.0. The second-order valence-electron chi connectivity index (χ2n) is 10.7. The molecular formula is C31H42N2O4. The van der Waals surface area contributed by atoms with E-state index in [1.165, 1.54) is 6.92 Å². The van der Waals surface area contributed by atoms with Crippen molar-refractivity contribution in [3.05, 3.63) is 71.8 Å². The third-order valence-electron chi connectivity index (χ3n) is 7.71. The highest BCUT2D eigenvalue weighted by molar-refractivity contribution is 5.84. The number of hydrogen-bond acceptors (Lipinski definition) is 4. The summed E-state index contributed by atoms with van der Waals surface area (Å²) < 4.78 is 6.39. The van der Waals surface area contributed by atoms with Gasteiger partial charge in [0.2, 0.25) is 11.8 Å². The fourth-order valence-electron chi connectivity index (χ4n) is 5.81. The van der Waals surface area contributed by atoms with Crippen LogP contribution in [0.25, 0.3) is 0 Å². The van der Waals surface area contributed by atoms with Crippen LogP contribution in [0.3, 0.4) is 0 Å². The lowest BCUT2D eigenvalue weighted by atomic mass is 9.79. The Morgan fingerprint density at radius 3 is 2.03 bits per heavy atom. The molecule has 1 N–H and O–H groups in total. The highest BCUT2D eigenvalue weighted by atomic mass is 16.5. The van der Waals surface area contributed by atoms with E-state index in [1.54, 1.807) is 19.0 Å². The van der Waals surface area contributed by atoms with Gasteiger partial charge >= 0.3 is 5.97 Å². The van der Waals surface area contributed by atoms with Crippen LogP contribution in [-0.4, -0.2) is 42.8 Å². The molecule has 2 aromatic carbocycles. The average molecular weight is 507 g/mol. The molecule has 6 heteroatoms. The van der Waals surface area contributed by atoms with E-state index in [4.69, 9.17) is 4.74 Å². The summed E-state index contributed by atoms with van der Waals surface area (Å²) in [6.45, 7) is 5.56. The molecule has 200 valence electrons. The third kappa shape index (κ3) is 7.00. The van der Waals surface area contributed by atoms with Crippen molar-refractivity contribution in [2.24, 2.45) is 17.3 Å². The van der Waals surface area contributed by atoms with Gasteiger partial charge in [-0.3, -0.25) is 14.4 Å². The van der Waals surface area contributed by atoms with Crippen molar-refractivity contribution in [1.82, 2.24) is 10.2 Å². The normalized spacial score (nSPS) is 21.9. The first-order valence-corrected chi connectivity index (χ1v) is 13.5. The maximum Gasteiger partial charge on any atom is 0.313 e.